The Morgan fingerprint density at radius 1 is 1.10 bits per heavy atom. The number of aromatic nitrogens is 2. The Kier molecular flexibility index (Phi) is 5.53. The van der Waals surface area contributed by atoms with Gasteiger partial charge in [-0.15, -0.1) is 4.48 Å². The summed E-state index contributed by atoms with van der Waals surface area (Å²) in [5.41, 5.74) is 1.30. The van der Waals surface area contributed by atoms with Gasteiger partial charge in [0, 0.05) is 12.8 Å². The Bertz CT molecular complexity index is 889. The highest BCUT2D eigenvalue weighted by molar-refractivity contribution is 5.80. The van der Waals surface area contributed by atoms with Gasteiger partial charge in [-0.1, -0.05) is 52.2 Å². The van der Waals surface area contributed by atoms with Gasteiger partial charge in [0.1, 0.15) is 18.7 Å². The molecule has 1 amide bonds. The van der Waals surface area contributed by atoms with E-state index >= 15 is 0 Å². The minimum atomic E-state index is -4.78. The highest BCUT2D eigenvalue weighted by Crippen LogP contribution is 2.36. The number of hydrogen-bond donors (Lipinski definition) is 0. The van der Waals surface area contributed by atoms with Crippen LogP contribution in [0.4, 0.5) is 24.0 Å². The molecule has 1 aliphatic heterocycles. The molecule has 2 heterocycles. The van der Waals surface area contributed by atoms with Gasteiger partial charge in [-0.2, -0.15) is 18.0 Å². The van der Waals surface area contributed by atoms with Crippen molar-refractivity contribution in [2.24, 2.45) is 0 Å². The van der Waals surface area contributed by atoms with Crippen LogP contribution in [0, 0.1) is 0 Å². The lowest BCUT2D eigenvalue weighted by Gasteiger charge is -2.35. The van der Waals surface area contributed by atoms with E-state index in [4.69, 9.17) is 9.15 Å². The van der Waals surface area contributed by atoms with Gasteiger partial charge in [0.05, 0.1) is 0 Å². The van der Waals surface area contributed by atoms with Crippen molar-refractivity contribution < 1.29 is 27.1 Å². The molecule has 1 saturated heterocycles. The molecule has 9 heteroatoms. The second-order valence-corrected chi connectivity index (χ2v) is 8.00. The highest BCUT2D eigenvalue weighted by atomic mass is 19.4. The maximum Gasteiger partial charge on any atom is 0.525 e. The van der Waals surface area contributed by atoms with Gasteiger partial charge in [0.25, 0.3) is 0 Å². The van der Waals surface area contributed by atoms with Crippen molar-refractivity contribution in [3.63, 3.8) is 0 Å². The van der Waals surface area contributed by atoms with E-state index in [9.17, 15) is 18.0 Å². The molecule has 0 saturated carbocycles. The first-order valence-corrected chi connectivity index (χ1v) is 9.26. The number of alkyl halides is 3. The molecule has 0 atom stereocenters. The Morgan fingerprint density at radius 3 is 2.24 bits per heavy atom. The molecule has 156 valence electrons. The number of carbonyl (C=O) groups is 1. The minimum Gasteiger partial charge on any atom is -0.414 e. The van der Waals surface area contributed by atoms with Crippen molar-refractivity contribution in [1.82, 2.24) is 14.7 Å². The van der Waals surface area contributed by atoms with Gasteiger partial charge in [0.2, 0.25) is 0 Å². The van der Waals surface area contributed by atoms with E-state index in [-0.39, 0.29) is 13.1 Å². The summed E-state index contributed by atoms with van der Waals surface area (Å²) in [6, 6.07) is 9.29. The molecular weight excluding hydrogens is 387 g/mol. The number of quaternary nitrogens is 1. The standard InChI is InChI=1S/C20H23F3N3O3/c1-19(2,3)29-18(27)26(17-25-24-16(28-17)20(21,22)23)11-9-15(10-12-26)13-14-7-5-4-6-8-14/h4-8,13H,9-12H2,1-3H3/q+1. The molecule has 6 nitrogen and oxygen atoms in total. The Morgan fingerprint density at radius 2 is 1.72 bits per heavy atom. The van der Waals surface area contributed by atoms with Crippen LogP contribution in [0.25, 0.3) is 6.08 Å². The zero-order chi connectivity index (χ0) is 21.3. The summed E-state index contributed by atoms with van der Waals surface area (Å²) in [5.74, 6) is -1.47. The van der Waals surface area contributed by atoms with Crippen LogP contribution in [0.3, 0.4) is 0 Å². The fourth-order valence-corrected chi connectivity index (χ4v) is 3.14. The molecular formula is C20H23F3N3O3+. The Hall–Kier alpha value is -2.68. The van der Waals surface area contributed by atoms with E-state index < -0.39 is 34.3 Å². The van der Waals surface area contributed by atoms with E-state index in [0.29, 0.717) is 12.8 Å². The van der Waals surface area contributed by atoms with Crippen molar-refractivity contribution in [2.45, 2.75) is 45.4 Å². The molecule has 0 unspecified atom stereocenters. The molecule has 1 aromatic heterocycles. The number of nitrogens with zero attached hydrogens (tertiary/aromatic N) is 3. The second kappa shape index (κ2) is 7.62. The average molecular weight is 410 g/mol. The molecule has 0 bridgehead atoms. The van der Waals surface area contributed by atoms with E-state index in [1.54, 1.807) is 20.8 Å². The largest absolute Gasteiger partial charge is 0.525 e. The first-order chi connectivity index (χ1) is 13.5. The van der Waals surface area contributed by atoms with Crippen molar-refractivity contribution >= 4 is 18.2 Å². The molecule has 1 fully saturated rings. The minimum absolute atomic E-state index is 0.174. The lowest BCUT2D eigenvalue weighted by Crippen LogP contribution is -2.59. The number of likely N-dealkylation sites (tertiary alicyclic amines) is 1. The topological polar surface area (TPSA) is 65.2 Å². The quantitative estimate of drug-likeness (QED) is 0.636. The van der Waals surface area contributed by atoms with Crippen LogP contribution in [0.1, 0.15) is 45.1 Å². The average Bonchev–Trinajstić information content (AvgIpc) is 3.13. The van der Waals surface area contributed by atoms with Gasteiger partial charge < -0.3 is 9.15 Å². The fraction of sp³-hybridized carbons (Fsp3) is 0.450. The van der Waals surface area contributed by atoms with Gasteiger partial charge >= 0.3 is 24.2 Å². The van der Waals surface area contributed by atoms with E-state index in [1.807, 2.05) is 36.4 Å². The third kappa shape index (κ3) is 4.84. The van der Waals surface area contributed by atoms with E-state index in [1.165, 1.54) is 0 Å². The first-order valence-electron chi connectivity index (χ1n) is 9.26. The predicted molar refractivity (Wildman–Crippen MR) is 101 cm³/mol. The predicted octanol–water partition coefficient (Wildman–Crippen LogP) is 5.21. The number of rotatable bonds is 2. The number of ether oxygens (including phenoxy) is 1. The molecule has 2 aromatic rings. The van der Waals surface area contributed by atoms with Crippen LogP contribution >= 0.6 is 0 Å². The molecule has 1 aromatic carbocycles. The molecule has 3 rings (SSSR count). The summed E-state index contributed by atoms with van der Waals surface area (Å²) in [5, 5.41) is 6.65. The molecule has 0 spiro atoms. The lowest BCUT2D eigenvalue weighted by molar-refractivity contribution is -0.157. The summed E-state index contributed by atoms with van der Waals surface area (Å²) < 4.78 is 48.6. The number of piperidine rings is 1. The molecule has 0 radical (unpaired) electrons. The molecule has 0 aliphatic carbocycles. The fourth-order valence-electron chi connectivity index (χ4n) is 3.14. The highest BCUT2D eigenvalue weighted by Gasteiger charge is 2.51. The maximum absolute atomic E-state index is 13.0. The summed E-state index contributed by atoms with van der Waals surface area (Å²) in [4.78, 5) is 13.0. The van der Waals surface area contributed by atoms with E-state index in [0.717, 1.165) is 11.1 Å². The third-order valence-corrected chi connectivity index (χ3v) is 4.57. The summed E-state index contributed by atoms with van der Waals surface area (Å²) in [6.45, 7) is 5.43. The van der Waals surface area contributed by atoms with Crippen molar-refractivity contribution in [3.8, 4) is 0 Å². The molecule has 0 N–H and O–H groups in total. The van der Waals surface area contributed by atoms with Crippen LogP contribution in [-0.2, 0) is 10.9 Å². The zero-order valence-corrected chi connectivity index (χ0v) is 16.5. The van der Waals surface area contributed by atoms with E-state index in [2.05, 4.69) is 10.2 Å². The monoisotopic (exact) mass is 410 g/mol. The molecule has 1 aliphatic rings. The normalized spacial score (nSPS) is 20.4. The Balaban J connectivity index is 1.90. The number of amides is 1. The molecule has 29 heavy (non-hydrogen) atoms. The van der Waals surface area contributed by atoms with Crippen LogP contribution in [0.2, 0.25) is 0 Å². The van der Waals surface area contributed by atoms with Crippen molar-refractivity contribution in [1.29, 1.82) is 0 Å². The number of hydrogen-bond acceptors (Lipinski definition) is 5. The van der Waals surface area contributed by atoms with Crippen LogP contribution in [0.5, 0.6) is 0 Å². The van der Waals surface area contributed by atoms with Gasteiger partial charge in [-0.05, 0) is 26.3 Å². The van der Waals surface area contributed by atoms with Crippen molar-refractivity contribution in [3.05, 3.63) is 47.4 Å². The smallest absolute Gasteiger partial charge is 0.414 e. The third-order valence-electron chi connectivity index (χ3n) is 4.57. The SMILES string of the molecule is CC(C)(C)OC(=O)[N+]1(c2nnc(C(F)(F)F)o2)CCC(=Cc2ccccc2)CC1. The van der Waals surface area contributed by atoms with Crippen LogP contribution in [0.15, 0.2) is 40.3 Å². The maximum atomic E-state index is 13.0. The lowest BCUT2D eigenvalue weighted by atomic mass is 9.99. The Labute approximate surface area is 166 Å². The van der Waals surface area contributed by atoms with Gasteiger partial charge in [-0.25, -0.2) is 0 Å². The van der Waals surface area contributed by atoms with Gasteiger partial charge in [-0.3, -0.25) is 0 Å². The van der Waals surface area contributed by atoms with Crippen LogP contribution in [-0.4, -0.2) is 35.0 Å². The summed E-state index contributed by atoms with van der Waals surface area (Å²) in [7, 11) is 0. The number of carbonyl (C=O) groups excluding carboxylic acids is 1. The zero-order valence-electron chi connectivity index (χ0n) is 16.5. The summed E-state index contributed by atoms with van der Waals surface area (Å²) >= 11 is 0. The second-order valence-electron chi connectivity index (χ2n) is 8.00. The van der Waals surface area contributed by atoms with Crippen LogP contribution < -0.4 is 4.48 Å². The first kappa shape index (κ1) is 21.0. The number of benzene rings is 1. The van der Waals surface area contributed by atoms with Crippen molar-refractivity contribution in [2.75, 3.05) is 13.1 Å². The number of halogens is 3. The summed E-state index contributed by atoms with van der Waals surface area (Å²) in [6.07, 6.45) is -2.49. The van der Waals surface area contributed by atoms with Gasteiger partial charge in [0.15, 0.2) is 0 Å².